The highest BCUT2D eigenvalue weighted by molar-refractivity contribution is 6.35. The van der Waals surface area contributed by atoms with Gasteiger partial charge in [-0.05, 0) is 50.1 Å². The van der Waals surface area contributed by atoms with E-state index in [2.05, 4.69) is 15.6 Å². The third-order valence-electron chi connectivity index (χ3n) is 5.40. The van der Waals surface area contributed by atoms with E-state index in [1.807, 2.05) is 26.0 Å². The Morgan fingerprint density at radius 3 is 2.71 bits per heavy atom. The number of rotatable bonds is 5. The van der Waals surface area contributed by atoms with E-state index >= 15 is 0 Å². The highest BCUT2D eigenvalue weighted by atomic mass is 19.1. The number of H-pyrrole nitrogens is 1. The summed E-state index contributed by atoms with van der Waals surface area (Å²) in [4.78, 5) is 42.2. The van der Waals surface area contributed by atoms with Gasteiger partial charge >= 0.3 is 11.8 Å². The molecule has 1 aliphatic heterocycles. The Labute approximate surface area is 178 Å². The molecule has 4 rings (SSSR count). The van der Waals surface area contributed by atoms with Crippen LogP contribution in [0.15, 0.2) is 48.7 Å². The van der Waals surface area contributed by atoms with Gasteiger partial charge in [0.2, 0.25) is 0 Å². The summed E-state index contributed by atoms with van der Waals surface area (Å²) in [7, 11) is 0. The molecule has 1 atom stereocenters. The summed E-state index contributed by atoms with van der Waals surface area (Å²) in [6.45, 7) is 3.98. The van der Waals surface area contributed by atoms with Gasteiger partial charge in [0.05, 0.1) is 0 Å². The molecule has 0 saturated carbocycles. The fourth-order valence-electron chi connectivity index (χ4n) is 3.96. The Hall–Kier alpha value is -3.68. The largest absolute Gasteiger partial charge is 0.361 e. The number of benzene rings is 2. The Morgan fingerprint density at radius 2 is 1.94 bits per heavy atom. The minimum atomic E-state index is -0.895. The number of fused-ring (bicyclic) bond motifs is 2. The lowest BCUT2D eigenvalue weighted by atomic mass is 10.1. The van der Waals surface area contributed by atoms with Crippen LogP contribution in [0.4, 0.5) is 10.1 Å². The first-order valence-electron chi connectivity index (χ1n) is 10.1. The second-order valence-corrected chi connectivity index (χ2v) is 7.78. The lowest BCUT2D eigenvalue weighted by molar-refractivity contribution is -0.140. The number of carbonyl (C=O) groups excluding carboxylic acids is 3. The average molecular weight is 422 g/mol. The van der Waals surface area contributed by atoms with Crippen LogP contribution >= 0.6 is 0 Å². The van der Waals surface area contributed by atoms with Gasteiger partial charge in [0.1, 0.15) is 11.9 Å². The number of anilines is 1. The number of aromatic nitrogens is 1. The first-order valence-corrected chi connectivity index (χ1v) is 10.1. The molecular weight excluding hydrogens is 399 g/mol. The molecule has 2 heterocycles. The summed E-state index contributed by atoms with van der Waals surface area (Å²) < 4.78 is 13.5. The number of aromatic amines is 1. The van der Waals surface area contributed by atoms with Crippen molar-refractivity contribution in [3.8, 4) is 0 Å². The maximum atomic E-state index is 13.5. The number of nitrogens with zero attached hydrogens (tertiary/aromatic N) is 1. The fourth-order valence-corrected chi connectivity index (χ4v) is 3.96. The van der Waals surface area contributed by atoms with E-state index in [4.69, 9.17) is 0 Å². The quantitative estimate of drug-likeness (QED) is 0.552. The van der Waals surface area contributed by atoms with E-state index in [1.54, 1.807) is 29.3 Å². The number of hydrogen-bond donors (Lipinski definition) is 3. The third-order valence-corrected chi connectivity index (χ3v) is 5.40. The van der Waals surface area contributed by atoms with Crippen LogP contribution < -0.4 is 15.5 Å². The van der Waals surface area contributed by atoms with Gasteiger partial charge in [-0.25, -0.2) is 4.39 Å². The van der Waals surface area contributed by atoms with E-state index in [-0.39, 0.29) is 24.3 Å². The third kappa shape index (κ3) is 3.88. The number of amides is 3. The molecule has 0 spiro atoms. The average Bonchev–Trinajstić information content (AvgIpc) is 3.26. The summed E-state index contributed by atoms with van der Waals surface area (Å²) in [6, 6.07) is 10.7. The number of carbonyl (C=O) groups is 3. The van der Waals surface area contributed by atoms with E-state index in [0.717, 1.165) is 22.2 Å². The number of halogens is 1. The van der Waals surface area contributed by atoms with Gasteiger partial charge in [0, 0.05) is 40.9 Å². The zero-order chi connectivity index (χ0) is 22.1. The predicted molar refractivity (Wildman–Crippen MR) is 115 cm³/mol. The Kier molecular flexibility index (Phi) is 5.46. The molecule has 1 aliphatic rings. The van der Waals surface area contributed by atoms with Crippen LogP contribution in [0.25, 0.3) is 10.9 Å². The molecule has 3 N–H and O–H groups in total. The van der Waals surface area contributed by atoms with Gasteiger partial charge in [-0.1, -0.05) is 18.2 Å². The van der Waals surface area contributed by atoms with Crippen molar-refractivity contribution in [2.24, 2.45) is 0 Å². The van der Waals surface area contributed by atoms with Crippen LogP contribution in [-0.2, 0) is 20.8 Å². The van der Waals surface area contributed by atoms with Crippen LogP contribution in [0.5, 0.6) is 0 Å². The Bertz CT molecular complexity index is 1170. The lowest BCUT2D eigenvalue weighted by Gasteiger charge is -2.22. The standard InChI is InChI=1S/C23H23FN4O3/c1-13(2)28-19-6-4-3-5-16(19)20(23(28)31)27-22(30)21(29)25-10-9-14-12-26-18-8-7-15(24)11-17(14)18/h3-8,11-13,20,26H,9-10H2,1-2H3,(H,25,29)(H,27,30)/t20-/m0/s1. The van der Waals surface area contributed by atoms with Crippen molar-refractivity contribution in [3.05, 3.63) is 65.6 Å². The molecule has 2 aromatic carbocycles. The molecule has 0 unspecified atom stereocenters. The monoisotopic (exact) mass is 422 g/mol. The minimum Gasteiger partial charge on any atom is -0.361 e. The second-order valence-electron chi connectivity index (χ2n) is 7.78. The molecule has 0 saturated heterocycles. The van der Waals surface area contributed by atoms with Crippen molar-refractivity contribution in [2.45, 2.75) is 32.4 Å². The fraction of sp³-hybridized carbons (Fsp3) is 0.261. The predicted octanol–water partition coefficient (Wildman–Crippen LogP) is 2.58. The molecule has 0 bridgehead atoms. The maximum absolute atomic E-state index is 13.5. The van der Waals surface area contributed by atoms with Crippen molar-refractivity contribution < 1.29 is 18.8 Å². The molecule has 3 amide bonds. The van der Waals surface area contributed by atoms with Gasteiger partial charge in [-0.3, -0.25) is 14.4 Å². The summed E-state index contributed by atoms with van der Waals surface area (Å²) in [5.74, 6) is -2.30. The van der Waals surface area contributed by atoms with E-state index < -0.39 is 17.9 Å². The minimum absolute atomic E-state index is 0.0783. The smallest absolute Gasteiger partial charge is 0.310 e. The van der Waals surface area contributed by atoms with E-state index in [9.17, 15) is 18.8 Å². The molecule has 8 heteroatoms. The molecule has 3 aromatic rings. The Balaban J connectivity index is 1.38. The van der Waals surface area contributed by atoms with Crippen LogP contribution in [0, 0.1) is 5.82 Å². The van der Waals surface area contributed by atoms with Gasteiger partial charge in [0.15, 0.2) is 0 Å². The lowest BCUT2D eigenvalue weighted by Crippen LogP contribution is -2.45. The molecule has 7 nitrogen and oxygen atoms in total. The summed E-state index contributed by atoms with van der Waals surface area (Å²) in [5.41, 5.74) is 3.04. The van der Waals surface area contributed by atoms with Gasteiger partial charge < -0.3 is 20.5 Å². The molecular formula is C23H23FN4O3. The van der Waals surface area contributed by atoms with Crippen molar-refractivity contribution in [1.29, 1.82) is 0 Å². The SMILES string of the molecule is CC(C)N1C(=O)[C@@H](NC(=O)C(=O)NCCc2c[nH]c3ccc(F)cc23)c2ccccc21. The van der Waals surface area contributed by atoms with Crippen LogP contribution in [0.1, 0.15) is 31.0 Å². The molecule has 160 valence electrons. The van der Waals surface area contributed by atoms with Crippen molar-refractivity contribution >= 4 is 34.3 Å². The second kappa shape index (κ2) is 8.22. The van der Waals surface area contributed by atoms with Crippen LogP contribution in [0.3, 0.4) is 0 Å². The summed E-state index contributed by atoms with van der Waals surface area (Å²) in [6.07, 6.45) is 2.18. The normalized spacial score (nSPS) is 15.4. The molecule has 0 aliphatic carbocycles. The maximum Gasteiger partial charge on any atom is 0.310 e. The van der Waals surface area contributed by atoms with Crippen molar-refractivity contribution in [2.75, 3.05) is 11.4 Å². The summed E-state index contributed by atoms with van der Waals surface area (Å²) >= 11 is 0. The first-order chi connectivity index (χ1) is 14.9. The topological polar surface area (TPSA) is 94.3 Å². The highest BCUT2D eigenvalue weighted by Gasteiger charge is 2.39. The number of hydrogen-bond acceptors (Lipinski definition) is 3. The highest BCUT2D eigenvalue weighted by Crippen LogP contribution is 2.36. The van der Waals surface area contributed by atoms with Crippen molar-refractivity contribution in [1.82, 2.24) is 15.6 Å². The number of nitrogens with one attached hydrogen (secondary N) is 3. The molecule has 31 heavy (non-hydrogen) atoms. The zero-order valence-electron chi connectivity index (χ0n) is 17.2. The van der Waals surface area contributed by atoms with Gasteiger partial charge in [0.25, 0.3) is 5.91 Å². The Morgan fingerprint density at radius 1 is 1.16 bits per heavy atom. The van der Waals surface area contributed by atoms with E-state index in [1.165, 1.54) is 12.1 Å². The molecule has 1 aromatic heterocycles. The summed E-state index contributed by atoms with van der Waals surface area (Å²) in [5, 5.41) is 5.85. The van der Waals surface area contributed by atoms with Gasteiger partial charge in [-0.2, -0.15) is 0 Å². The zero-order valence-corrected chi connectivity index (χ0v) is 17.2. The first kappa shape index (κ1) is 20.6. The number of para-hydroxylation sites is 1. The van der Waals surface area contributed by atoms with Gasteiger partial charge in [-0.15, -0.1) is 0 Å². The van der Waals surface area contributed by atoms with E-state index in [0.29, 0.717) is 12.0 Å². The van der Waals surface area contributed by atoms with Crippen LogP contribution in [-0.4, -0.2) is 35.3 Å². The molecule has 0 fully saturated rings. The molecule has 0 radical (unpaired) electrons. The van der Waals surface area contributed by atoms with Crippen molar-refractivity contribution in [3.63, 3.8) is 0 Å². The van der Waals surface area contributed by atoms with Crippen LogP contribution in [0.2, 0.25) is 0 Å².